The Morgan fingerprint density at radius 3 is 2.46 bits per heavy atom. The van der Waals surface area contributed by atoms with Crippen LogP contribution in [0.5, 0.6) is 5.75 Å². The van der Waals surface area contributed by atoms with Crippen molar-refractivity contribution in [2.45, 2.75) is 13.5 Å². The summed E-state index contributed by atoms with van der Waals surface area (Å²) in [6, 6.07) is 25.9. The maximum atomic E-state index is 12.8. The number of hydrogen-bond acceptors (Lipinski definition) is 5. The Hall–Kier alpha value is -4.78. The molecule has 0 atom stereocenters. The molecule has 174 valence electrons. The molecule has 0 aliphatic rings. The number of hydrogen-bond donors (Lipinski definition) is 2. The van der Waals surface area contributed by atoms with E-state index in [2.05, 4.69) is 5.32 Å². The van der Waals surface area contributed by atoms with Gasteiger partial charge in [-0.15, -0.1) is 0 Å². The molecule has 0 bridgehead atoms. The number of aryl methyl sites for hydroxylation is 1. The number of carbonyl (C=O) groups is 2. The molecule has 5 rings (SSSR count). The van der Waals surface area contributed by atoms with Gasteiger partial charge in [-0.05, 0) is 65.7 Å². The molecule has 0 saturated carbocycles. The van der Waals surface area contributed by atoms with Crippen molar-refractivity contribution in [3.63, 3.8) is 0 Å². The first-order valence-corrected chi connectivity index (χ1v) is 11.0. The minimum atomic E-state index is -0.643. The minimum absolute atomic E-state index is 0.0696. The van der Waals surface area contributed by atoms with E-state index in [1.807, 2.05) is 61.5 Å². The first kappa shape index (κ1) is 22.0. The molecule has 5 aromatic rings. The summed E-state index contributed by atoms with van der Waals surface area (Å²) in [6.07, 6.45) is 0. The van der Waals surface area contributed by atoms with E-state index in [-0.39, 0.29) is 24.0 Å². The normalized spacial score (nSPS) is 10.9. The molecule has 2 heterocycles. The fourth-order valence-electron chi connectivity index (χ4n) is 3.71. The smallest absolute Gasteiger partial charge is 0.291 e. The monoisotopic (exact) mass is 466 g/mol. The Bertz CT molecular complexity index is 1550. The van der Waals surface area contributed by atoms with Crippen LogP contribution in [0.25, 0.3) is 22.1 Å². The predicted octanol–water partition coefficient (Wildman–Crippen LogP) is 5.93. The molecular formula is C28H22N2O5. The van der Waals surface area contributed by atoms with Gasteiger partial charge in [-0.1, -0.05) is 42.5 Å². The number of ether oxygens (including phenoxy) is 1. The van der Waals surface area contributed by atoms with Gasteiger partial charge in [0, 0.05) is 11.3 Å². The van der Waals surface area contributed by atoms with Crippen molar-refractivity contribution in [2.24, 2.45) is 5.73 Å². The molecule has 0 fully saturated rings. The van der Waals surface area contributed by atoms with Crippen molar-refractivity contribution in [1.82, 2.24) is 0 Å². The van der Waals surface area contributed by atoms with Crippen LogP contribution in [0.15, 0.2) is 93.8 Å². The number of carbonyl (C=O) groups excluding carboxylic acids is 2. The molecule has 7 heteroatoms. The molecule has 0 radical (unpaired) electrons. The van der Waals surface area contributed by atoms with Crippen molar-refractivity contribution in [1.29, 1.82) is 0 Å². The van der Waals surface area contributed by atoms with E-state index in [9.17, 15) is 9.59 Å². The van der Waals surface area contributed by atoms with E-state index in [1.54, 1.807) is 24.3 Å². The summed E-state index contributed by atoms with van der Waals surface area (Å²) in [6.45, 7) is 2.07. The molecular weight excluding hydrogens is 444 g/mol. The van der Waals surface area contributed by atoms with Crippen LogP contribution in [-0.4, -0.2) is 11.8 Å². The molecule has 7 nitrogen and oxygen atoms in total. The SMILES string of the molecule is Cc1ccc(-c2ccc(C(N)=O)o2)cc1NC(=O)c1ccc(COc2ccc3ccccc3c2)o1. The summed E-state index contributed by atoms with van der Waals surface area (Å²) in [5.74, 6) is 0.926. The van der Waals surface area contributed by atoms with Gasteiger partial charge < -0.3 is 24.6 Å². The summed E-state index contributed by atoms with van der Waals surface area (Å²) in [5, 5.41) is 5.09. The zero-order chi connectivity index (χ0) is 24.4. The number of nitrogens with two attached hydrogens (primary N) is 1. The molecule has 35 heavy (non-hydrogen) atoms. The van der Waals surface area contributed by atoms with E-state index in [0.29, 0.717) is 22.8 Å². The average molecular weight is 466 g/mol. The van der Waals surface area contributed by atoms with Crippen molar-refractivity contribution in [2.75, 3.05) is 5.32 Å². The second kappa shape index (κ2) is 9.23. The number of primary amides is 1. The number of fused-ring (bicyclic) bond motifs is 1. The van der Waals surface area contributed by atoms with Gasteiger partial charge in [-0.25, -0.2) is 0 Å². The molecule has 0 spiro atoms. The molecule has 3 N–H and O–H groups in total. The number of amides is 2. The van der Waals surface area contributed by atoms with Crippen LogP contribution in [0, 0.1) is 6.92 Å². The minimum Gasteiger partial charge on any atom is -0.486 e. The lowest BCUT2D eigenvalue weighted by Gasteiger charge is -2.09. The first-order chi connectivity index (χ1) is 17.0. The van der Waals surface area contributed by atoms with Crippen molar-refractivity contribution < 1.29 is 23.2 Å². The highest BCUT2D eigenvalue weighted by molar-refractivity contribution is 6.03. The molecule has 0 aliphatic heterocycles. The van der Waals surface area contributed by atoms with Crippen LogP contribution in [0.4, 0.5) is 5.69 Å². The quantitative estimate of drug-likeness (QED) is 0.309. The van der Waals surface area contributed by atoms with Crippen LogP contribution < -0.4 is 15.8 Å². The predicted molar refractivity (Wildman–Crippen MR) is 132 cm³/mol. The Labute approximate surface area is 201 Å². The van der Waals surface area contributed by atoms with Gasteiger partial charge in [0.25, 0.3) is 11.8 Å². The molecule has 0 aliphatic carbocycles. The van der Waals surface area contributed by atoms with Crippen LogP contribution in [0.2, 0.25) is 0 Å². The largest absolute Gasteiger partial charge is 0.486 e. The van der Waals surface area contributed by atoms with Crippen LogP contribution >= 0.6 is 0 Å². The number of furan rings is 2. The number of anilines is 1. The van der Waals surface area contributed by atoms with Crippen LogP contribution in [-0.2, 0) is 6.61 Å². The molecule has 3 aromatic carbocycles. The molecule has 0 saturated heterocycles. The zero-order valence-corrected chi connectivity index (χ0v) is 18.9. The lowest BCUT2D eigenvalue weighted by molar-refractivity contribution is 0.0972. The number of nitrogens with one attached hydrogen (secondary N) is 1. The van der Waals surface area contributed by atoms with Gasteiger partial charge in [-0.2, -0.15) is 0 Å². The van der Waals surface area contributed by atoms with Crippen molar-refractivity contribution in [3.05, 3.63) is 108 Å². The third-order valence-corrected chi connectivity index (χ3v) is 5.61. The summed E-state index contributed by atoms with van der Waals surface area (Å²) in [4.78, 5) is 24.1. The third kappa shape index (κ3) is 4.79. The summed E-state index contributed by atoms with van der Waals surface area (Å²) in [7, 11) is 0. The number of benzene rings is 3. The van der Waals surface area contributed by atoms with Crippen molar-refractivity contribution >= 4 is 28.3 Å². The van der Waals surface area contributed by atoms with E-state index in [0.717, 1.165) is 22.1 Å². The second-order valence-corrected chi connectivity index (χ2v) is 8.08. The van der Waals surface area contributed by atoms with E-state index < -0.39 is 5.91 Å². The topological polar surface area (TPSA) is 108 Å². The fourth-order valence-corrected chi connectivity index (χ4v) is 3.71. The Kier molecular flexibility index (Phi) is 5.81. The molecule has 0 unspecified atom stereocenters. The van der Waals surface area contributed by atoms with Gasteiger partial charge in [-0.3, -0.25) is 9.59 Å². The van der Waals surface area contributed by atoms with Crippen molar-refractivity contribution in [3.8, 4) is 17.1 Å². The highest BCUT2D eigenvalue weighted by Gasteiger charge is 2.15. The van der Waals surface area contributed by atoms with E-state index in [1.165, 1.54) is 6.07 Å². The lowest BCUT2D eigenvalue weighted by Crippen LogP contribution is -2.12. The Morgan fingerprint density at radius 1 is 0.857 bits per heavy atom. The van der Waals surface area contributed by atoms with Gasteiger partial charge >= 0.3 is 0 Å². The average Bonchev–Trinajstić information content (AvgIpc) is 3.54. The summed E-state index contributed by atoms with van der Waals surface area (Å²) < 4.78 is 17.0. The zero-order valence-electron chi connectivity index (χ0n) is 18.9. The number of rotatable bonds is 7. The Balaban J connectivity index is 1.26. The van der Waals surface area contributed by atoms with Crippen LogP contribution in [0.1, 0.15) is 32.4 Å². The maximum Gasteiger partial charge on any atom is 0.291 e. The second-order valence-electron chi connectivity index (χ2n) is 8.08. The fraction of sp³-hybridized carbons (Fsp3) is 0.0714. The highest BCUT2D eigenvalue weighted by Crippen LogP contribution is 2.28. The Morgan fingerprint density at radius 2 is 1.66 bits per heavy atom. The van der Waals surface area contributed by atoms with Gasteiger partial charge in [0.1, 0.15) is 23.9 Å². The van der Waals surface area contributed by atoms with Gasteiger partial charge in [0.2, 0.25) is 0 Å². The highest BCUT2D eigenvalue weighted by atomic mass is 16.5. The van der Waals surface area contributed by atoms with E-state index in [4.69, 9.17) is 19.3 Å². The first-order valence-electron chi connectivity index (χ1n) is 11.0. The maximum absolute atomic E-state index is 12.8. The summed E-state index contributed by atoms with van der Waals surface area (Å²) in [5.41, 5.74) is 7.40. The summed E-state index contributed by atoms with van der Waals surface area (Å²) >= 11 is 0. The lowest BCUT2D eigenvalue weighted by atomic mass is 10.1. The standard InChI is InChI=1S/C28H22N2O5/c1-17-6-7-20(24-12-13-25(35-24)27(29)31)15-23(17)30-28(32)26-11-10-22(34-26)16-33-21-9-8-18-4-2-3-5-19(18)14-21/h2-15H,16H2,1H3,(H2,29,31)(H,30,32). The van der Waals surface area contributed by atoms with E-state index >= 15 is 0 Å². The van der Waals surface area contributed by atoms with Crippen LogP contribution in [0.3, 0.4) is 0 Å². The van der Waals surface area contributed by atoms with Gasteiger partial charge in [0.05, 0.1) is 0 Å². The third-order valence-electron chi connectivity index (χ3n) is 5.61. The molecule has 2 aromatic heterocycles. The van der Waals surface area contributed by atoms with Gasteiger partial charge in [0.15, 0.2) is 11.5 Å². The molecule has 2 amide bonds.